The Morgan fingerprint density at radius 1 is 0.793 bits per heavy atom. The minimum Gasteiger partial charge on any atom is -0.480 e. The second-order valence-corrected chi connectivity index (χ2v) is 7.46. The minimum atomic E-state index is -1.17. The molecular weight excluding hydrogens is 390 g/mol. The van der Waals surface area contributed by atoms with Gasteiger partial charge in [-0.15, -0.1) is 0 Å². The number of esters is 1. The number of rotatable bonds is 16. The lowest BCUT2D eigenvalue weighted by Gasteiger charge is -2.29. The van der Waals surface area contributed by atoms with Crippen LogP contribution in [0.3, 0.4) is 0 Å². The number of aliphatic carboxylic acids is 2. The Morgan fingerprint density at radius 3 is 1.90 bits per heavy atom. The first kappa shape index (κ1) is 26.8. The van der Waals surface area contributed by atoms with E-state index in [-0.39, 0.29) is 6.61 Å². The predicted octanol–water partition coefficient (Wildman–Crippen LogP) is 0.202. The Morgan fingerprint density at radius 2 is 1.34 bits per heavy atom. The van der Waals surface area contributed by atoms with E-state index < -0.39 is 54.8 Å². The molecule has 0 aromatic carbocycles. The first-order chi connectivity index (χ1) is 13.3. The molecule has 0 heterocycles. The van der Waals surface area contributed by atoms with Crippen molar-refractivity contribution in [1.29, 1.82) is 0 Å². The first-order valence-electron chi connectivity index (χ1n) is 9.04. The molecule has 0 bridgehead atoms. The lowest BCUT2D eigenvalue weighted by atomic mass is 10.0. The molecule has 0 aliphatic rings. The molecule has 0 rings (SSSR count). The highest BCUT2D eigenvalue weighted by Gasteiger charge is 2.25. The van der Waals surface area contributed by atoms with Crippen molar-refractivity contribution in [2.24, 2.45) is 0 Å². The largest absolute Gasteiger partial charge is 0.480 e. The van der Waals surface area contributed by atoms with Crippen molar-refractivity contribution in [3.8, 4) is 0 Å². The van der Waals surface area contributed by atoms with Gasteiger partial charge in [0, 0.05) is 13.0 Å². The molecule has 0 fully saturated rings. The van der Waals surface area contributed by atoms with E-state index >= 15 is 0 Å². The second-order valence-electron chi connectivity index (χ2n) is 7.46. The molecule has 0 atom stereocenters. The number of carboxylic acids is 2. The SMILES string of the molecule is CC(C)(CCNC(=O)COCC(=O)O)OCCC(C)(C)OC(=O)COCC(=O)O. The van der Waals surface area contributed by atoms with Crippen LogP contribution in [0.25, 0.3) is 0 Å². The van der Waals surface area contributed by atoms with Gasteiger partial charge in [-0.05, 0) is 34.1 Å². The van der Waals surface area contributed by atoms with Gasteiger partial charge in [-0.2, -0.15) is 0 Å². The van der Waals surface area contributed by atoms with Gasteiger partial charge in [0.15, 0.2) is 0 Å². The molecule has 11 nitrogen and oxygen atoms in total. The molecule has 0 spiro atoms. The Bertz CT molecular complexity index is 559. The van der Waals surface area contributed by atoms with Crippen LogP contribution < -0.4 is 5.32 Å². The van der Waals surface area contributed by atoms with Gasteiger partial charge in [-0.1, -0.05) is 0 Å². The highest BCUT2D eigenvalue weighted by molar-refractivity contribution is 5.77. The van der Waals surface area contributed by atoms with Crippen LogP contribution in [0.2, 0.25) is 0 Å². The van der Waals surface area contributed by atoms with Crippen LogP contribution >= 0.6 is 0 Å². The molecule has 1 amide bonds. The summed E-state index contributed by atoms with van der Waals surface area (Å²) in [6, 6.07) is 0. The van der Waals surface area contributed by atoms with Gasteiger partial charge in [0.2, 0.25) is 5.91 Å². The molecule has 0 saturated carbocycles. The molecule has 0 aliphatic heterocycles. The average Bonchev–Trinajstić information content (AvgIpc) is 2.52. The normalized spacial score (nSPS) is 11.7. The zero-order valence-corrected chi connectivity index (χ0v) is 17.3. The topological polar surface area (TPSA) is 158 Å². The highest BCUT2D eigenvalue weighted by Crippen LogP contribution is 2.19. The van der Waals surface area contributed by atoms with Crippen LogP contribution in [-0.4, -0.2) is 84.8 Å². The van der Waals surface area contributed by atoms with Crippen molar-refractivity contribution in [2.45, 2.75) is 51.7 Å². The van der Waals surface area contributed by atoms with Gasteiger partial charge >= 0.3 is 17.9 Å². The third kappa shape index (κ3) is 16.4. The molecule has 0 aromatic heterocycles. The summed E-state index contributed by atoms with van der Waals surface area (Å²) in [5.74, 6) is -3.39. The van der Waals surface area contributed by atoms with Crippen LogP contribution in [0.4, 0.5) is 0 Å². The lowest BCUT2D eigenvalue weighted by molar-refractivity contribution is -0.165. The summed E-state index contributed by atoms with van der Waals surface area (Å²) in [6.45, 7) is 5.83. The average molecular weight is 421 g/mol. The number of hydrogen-bond donors (Lipinski definition) is 3. The van der Waals surface area contributed by atoms with E-state index in [0.29, 0.717) is 26.0 Å². The van der Waals surface area contributed by atoms with E-state index in [1.54, 1.807) is 13.8 Å². The summed E-state index contributed by atoms with van der Waals surface area (Å²) in [7, 11) is 0. The molecule has 11 heteroatoms. The molecule has 0 unspecified atom stereocenters. The van der Waals surface area contributed by atoms with Crippen LogP contribution in [0.5, 0.6) is 0 Å². The number of hydrogen-bond acceptors (Lipinski definition) is 8. The third-order valence-corrected chi connectivity index (χ3v) is 3.54. The monoisotopic (exact) mass is 421 g/mol. The smallest absolute Gasteiger partial charge is 0.332 e. The lowest BCUT2D eigenvalue weighted by Crippen LogP contribution is -2.36. The molecule has 168 valence electrons. The highest BCUT2D eigenvalue weighted by atomic mass is 16.6. The predicted molar refractivity (Wildman–Crippen MR) is 99.4 cm³/mol. The van der Waals surface area contributed by atoms with Gasteiger partial charge in [0.25, 0.3) is 0 Å². The van der Waals surface area contributed by atoms with E-state index in [9.17, 15) is 19.2 Å². The Balaban J connectivity index is 4.06. The van der Waals surface area contributed by atoms with Gasteiger partial charge in [-0.25, -0.2) is 14.4 Å². The van der Waals surface area contributed by atoms with E-state index in [4.69, 9.17) is 19.7 Å². The summed E-state index contributed by atoms with van der Waals surface area (Å²) in [5, 5.41) is 19.5. The van der Waals surface area contributed by atoms with Gasteiger partial charge < -0.3 is 34.5 Å². The molecule has 0 saturated heterocycles. The Kier molecular flexibility index (Phi) is 12.1. The molecular formula is C18H31NO10. The van der Waals surface area contributed by atoms with Crippen molar-refractivity contribution >= 4 is 23.8 Å². The number of nitrogens with one attached hydrogen (secondary N) is 1. The van der Waals surface area contributed by atoms with E-state index in [1.807, 2.05) is 13.8 Å². The third-order valence-electron chi connectivity index (χ3n) is 3.54. The first-order valence-corrected chi connectivity index (χ1v) is 9.04. The minimum absolute atomic E-state index is 0.291. The summed E-state index contributed by atoms with van der Waals surface area (Å²) >= 11 is 0. The van der Waals surface area contributed by atoms with Crippen LogP contribution in [0.15, 0.2) is 0 Å². The summed E-state index contributed by atoms with van der Waals surface area (Å²) in [5.41, 5.74) is -1.38. The van der Waals surface area contributed by atoms with Gasteiger partial charge in [-0.3, -0.25) is 4.79 Å². The second kappa shape index (κ2) is 13.1. The fourth-order valence-corrected chi connectivity index (χ4v) is 2.04. The molecule has 3 N–H and O–H groups in total. The van der Waals surface area contributed by atoms with Gasteiger partial charge in [0.1, 0.15) is 32.0 Å². The molecule has 0 aromatic rings. The van der Waals surface area contributed by atoms with E-state index in [0.717, 1.165) is 0 Å². The van der Waals surface area contributed by atoms with Crippen LogP contribution in [0.1, 0.15) is 40.5 Å². The number of carboxylic acid groups (broad SMARTS) is 2. The van der Waals surface area contributed by atoms with Crippen molar-refractivity contribution in [1.82, 2.24) is 5.32 Å². The van der Waals surface area contributed by atoms with Gasteiger partial charge in [0.05, 0.1) is 12.2 Å². The standard InChI is InChI=1S/C18H31NO10/c1-17(2,5-7-19-13(20)9-26-10-14(21)22)28-8-6-18(3,4)29-16(25)12-27-11-15(23)24/h5-12H2,1-4H3,(H,19,20)(H,21,22)(H,23,24). The Hall–Kier alpha value is -2.24. The fourth-order valence-electron chi connectivity index (χ4n) is 2.04. The number of carbonyl (C=O) groups excluding carboxylic acids is 2. The van der Waals surface area contributed by atoms with Crippen molar-refractivity contribution < 1.29 is 48.3 Å². The molecule has 0 radical (unpaired) electrons. The zero-order valence-electron chi connectivity index (χ0n) is 17.3. The number of amides is 1. The maximum atomic E-state index is 11.7. The fraction of sp³-hybridized carbons (Fsp3) is 0.778. The number of ether oxygens (including phenoxy) is 4. The van der Waals surface area contributed by atoms with Crippen molar-refractivity contribution in [3.05, 3.63) is 0 Å². The Labute approximate surface area is 169 Å². The van der Waals surface area contributed by atoms with Crippen LogP contribution in [-0.2, 0) is 38.1 Å². The number of carbonyl (C=O) groups is 4. The quantitative estimate of drug-likeness (QED) is 0.294. The summed E-state index contributed by atoms with van der Waals surface area (Å²) in [6.07, 6.45) is 0.900. The molecule has 29 heavy (non-hydrogen) atoms. The maximum absolute atomic E-state index is 11.7. The zero-order chi connectivity index (χ0) is 22.5. The van der Waals surface area contributed by atoms with Crippen molar-refractivity contribution in [3.63, 3.8) is 0 Å². The molecule has 0 aliphatic carbocycles. The van der Waals surface area contributed by atoms with Crippen LogP contribution in [0, 0.1) is 0 Å². The van der Waals surface area contributed by atoms with E-state index in [1.165, 1.54) is 0 Å². The van der Waals surface area contributed by atoms with E-state index in [2.05, 4.69) is 14.8 Å². The summed E-state index contributed by atoms with van der Waals surface area (Å²) < 4.78 is 20.4. The van der Waals surface area contributed by atoms with Crippen molar-refractivity contribution in [2.75, 3.05) is 39.6 Å². The summed E-state index contributed by atoms with van der Waals surface area (Å²) in [4.78, 5) is 43.8. The maximum Gasteiger partial charge on any atom is 0.332 e.